The summed E-state index contributed by atoms with van der Waals surface area (Å²) >= 11 is 3.39. The second-order valence-electron chi connectivity index (χ2n) is 3.88. The van der Waals surface area contributed by atoms with E-state index in [4.69, 9.17) is 15.7 Å². The van der Waals surface area contributed by atoms with E-state index in [1.54, 1.807) is 6.07 Å². The van der Waals surface area contributed by atoms with Crippen LogP contribution in [0.2, 0.25) is 0 Å². The fourth-order valence-corrected chi connectivity index (χ4v) is 2.09. The van der Waals surface area contributed by atoms with E-state index >= 15 is 0 Å². The molecule has 0 saturated carbocycles. The van der Waals surface area contributed by atoms with Gasteiger partial charge >= 0.3 is 0 Å². The summed E-state index contributed by atoms with van der Waals surface area (Å²) in [6.45, 7) is 1.11. The van der Waals surface area contributed by atoms with Gasteiger partial charge in [0.15, 0.2) is 5.84 Å². The highest BCUT2D eigenvalue weighted by molar-refractivity contribution is 9.10. The van der Waals surface area contributed by atoms with Crippen LogP contribution in [0.5, 0.6) is 5.75 Å². The first-order chi connectivity index (χ1) is 9.20. The van der Waals surface area contributed by atoms with Crippen LogP contribution in [-0.2, 0) is 6.54 Å². The monoisotopic (exact) mass is 323 g/mol. The lowest BCUT2D eigenvalue weighted by Crippen LogP contribution is -2.20. The SMILES string of the molecule is N/C(=N/O)c1cccn1CCOc1cccc(Br)c1. The van der Waals surface area contributed by atoms with Gasteiger partial charge in [0.2, 0.25) is 0 Å². The largest absolute Gasteiger partial charge is 0.492 e. The molecule has 1 heterocycles. The molecule has 0 spiro atoms. The van der Waals surface area contributed by atoms with Crippen LogP contribution in [0.3, 0.4) is 0 Å². The molecule has 19 heavy (non-hydrogen) atoms. The number of ether oxygens (including phenoxy) is 1. The minimum Gasteiger partial charge on any atom is -0.492 e. The molecule has 0 saturated heterocycles. The second kappa shape index (κ2) is 6.29. The highest BCUT2D eigenvalue weighted by atomic mass is 79.9. The van der Waals surface area contributed by atoms with Gasteiger partial charge < -0.3 is 20.2 Å². The minimum atomic E-state index is 0.0902. The summed E-state index contributed by atoms with van der Waals surface area (Å²) in [5, 5.41) is 11.7. The van der Waals surface area contributed by atoms with Crippen molar-refractivity contribution < 1.29 is 9.94 Å². The number of hydrogen-bond acceptors (Lipinski definition) is 3. The summed E-state index contributed by atoms with van der Waals surface area (Å²) < 4.78 is 8.48. The van der Waals surface area contributed by atoms with Crippen molar-refractivity contribution in [1.82, 2.24) is 4.57 Å². The predicted molar refractivity (Wildman–Crippen MR) is 76.6 cm³/mol. The second-order valence-corrected chi connectivity index (χ2v) is 4.79. The third kappa shape index (κ3) is 3.51. The molecule has 3 N–H and O–H groups in total. The third-order valence-corrected chi connectivity index (χ3v) is 3.09. The summed E-state index contributed by atoms with van der Waals surface area (Å²) in [7, 11) is 0. The molecule has 0 unspecified atom stereocenters. The lowest BCUT2D eigenvalue weighted by Gasteiger charge is -2.10. The zero-order valence-corrected chi connectivity index (χ0v) is 11.7. The first-order valence-corrected chi connectivity index (χ1v) is 6.51. The summed E-state index contributed by atoms with van der Waals surface area (Å²) in [4.78, 5) is 0. The van der Waals surface area contributed by atoms with Crippen LogP contribution in [0.1, 0.15) is 5.69 Å². The molecule has 6 heteroatoms. The van der Waals surface area contributed by atoms with E-state index in [2.05, 4.69) is 21.1 Å². The van der Waals surface area contributed by atoms with E-state index in [0.29, 0.717) is 18.8 Å². The van der Waals surface area contributed by atoms with Gasteiger partial charge in [-0.25, -0.2) is 0 Å². The van der Waals surface area contributed by atoms with Crippen molar-refractivity contribution in [3.05, 3.63) is 52.8 Å². The number of hydrogen-bond donors (Lipinski definition) is 2. The number of nitrogens with two attached hydrogens (primary N) is 1. The molecule has 0 radical (unpaired) electrons. The fourth-order valence-electron chi connectivity index (χ4n) is 1.71. The molecule has 0 atom stereocenters. The number of benzene rings is 1. The third-order valence-electron chi connectivity index (χ3n) is 2.60. The Morgan fingerprint density at radius 3 is 2.95 bits per heavy atom. The maximum absolute atomic E-state index is 8.68. The lowest BCUT2D eigenvalue weighted by molar-refractivity contribution is 0.297. The average Bonchev–Trinajstić information content (AvgIpc) is 2.86. The van der Waals surface area contributed by atoms with Gasteiger partial charge in [0.25, 0.3) is 0 Å². The quantitative estimate of drug-likeness (QED) is 0.384. The highest BCUT2D eigenvalue weighted by Gasteiger charge is 2.05. The smallest absolute Gasteiger partial charge is 0.186 e. The van der Waals surface area contributed by atoms with Crippen LogP contribution in [0.15, 0.2) is 52.2 Å². The Balaban J connectivity index is 1.95. The Kier molecular flexibility index (Phi) is 4.46. The number of nitrogens with zero attached hydrogens (tertiary/aromatic N) is 2. The van der Waals surface area contributed by atoms with E-state index in [-0.39, 0.29) is 5.84 Å². The van der Waals surface area contributed by atoms with Gasteiger partial charge in [0.05, 0.1) is 12.2 Å². The summed E-state index contributed by atoms with van der Waals surface area (Å²) in [5.74, 6) is 0.888. The van der Waals surface area contributed by atoms with Crippen LogP contribution in [-0.4, -0.2) is 22.2 Å². The summed E-state index contributed by atoms with van der Waals surface area (Å²) in [6.07, 6.45) is 1.86. The van der Waals surface area contributed by atoms with Gasteiger partial charge in [-0.1, -0.05) is 27.2 Å². The van der Waals surface area contributed by atoms with E-state index < -0.39 is 0 Å². The van der Waals surface area contributed by atoms with Gasteiger partial charge in [-0.3, -0.25) is 0 Å². The van der Waals surface area contributed by atoms with Gasteiger partial charge in [0.1, 0.15) is 12.4 Å². The van der Waals surface area contributed by atoms with Crippen molar-refractivity contribution in [2.24, 2.45) is 10.9 Å². The maximum atomic E-state index is 8.68. The number of halogens is 1. The first kappa shape index (κ1) is 13.5. The van der Waals surface area contributed by atoms with Gasteiger partial charge in [-0.05, 0) is 30.3 Å². The molecule has 0 aliphatic heterocycles. The molecule has 5 nitrogen and oxygen atoms in total. The fraction of sp³-hybridized carbons (Fsp3) is 0.154. The molecule has 1 aromatic carbocycles. The van der Waals surface area contributed by atoms with Crippen LogP contribution in [0.25, 0.3) is 0 Å². The zero-order chi connectivity index (χ0) is 13.7. The number of oxime groups is 1. The maximum Gasteiger partial charge on any atom is 0.186 e. The van der Waals surface area contributed by atoms with Crippen LogP contribution in [0.4, 0.5) is 0 Å². The van der Waals surface area contributed by atoms with Crippen molar-refractivity contribution in [2.45, 2.75) is 6.54 Å². The Bertz CT molecular complexity index is 581. The van der Waals surface area contributed by atoms with E-state index in [9.17, 15) is 0 Å². The predicted octanol–water partition coefficient (Wildman–Crippen LogP) is 2.42. The van der Waals surface area contributed by atoms with Crippen molar-refractivity contribution in [3.8, 4) is 5.75 Å². The van der Waals surface area contributed by atoms with Crippen LogP contribution in [0, 0.1) is 0 Å². The zero-order valence-electron chi connectivity index (χ0n) is 10.2. The average molecular weight is 324 g/mol. The van der Waals surface area contributed by atoms with Crippen LogP contribution >= 0.6 is 15.9 Å². The molecule has 0 aliphatic carbocycles. The molecule has 100 valence electrons. The van der Waals surface area contributed by atoms with Gasteiger partial charge in [-0.15, -0.1) is 0 Å². The standard InChI is InChI=1S/C13H14BrN3O2/c14-10-3-1-4-11(9-10)19-8-7-17-6-2-5-12(17)13(15)16-18/h1-6,9,18H,7-8H2,(H2,15,16). The Labute approximate surface area is 119 Å². The Morgan fingerprint density at radius 1 is 1.37 bits per heavy atom. The van der Waals surface area contributed by atoms with Crippen molar-refractivity contribution in [2.75, 3.05) is 6.61 Å². The molecular weight excluding hydrogens is 310 g/mol. The normalized spacial score (nSPS) is 11.5. The highest BCUT2D eigenvalue weighted by Crippen LogP contribution is 2.17. The van der Waals surface area contributed by atoms with Crippen LogP contribution < -0.4 is 10.5 Å². The van der Waals surface area contributed by atoms with Gasteiger partial charge in [0, 0.05) is 10.7 Å². The minimum absolute atomic E-state index is 0.0902. The molecular formula is C13H14BrN3O2. The molecule has 1 aromatic heterocycles. The van der Waals surface area contributed by atoms with Gasteiger partial charge in [-0.2, -0.15) is 0 Å². The summed E-state index contributed by atoms with van der Waals surface area (Å²) in [5.41, 5.74) is 6.24. The molecule has 0 aliphatic rings. The van der Waals surface area contributed by atoms with E-state index in [1.165, 1.54) is 0 Å². The van der Waals surface area contributed by atoms with E-state index in [0.717, 1.165) is 10.2 Å². The first-order valence-electron chi connectivity index (χ1n) is 5.72. The Hall–Kier alpha value is -1.95. The number of amidine groups is 1. The Morgan fingerprint density at radius 2 is 2.21 bits per heavy atom. The molecule has 0 fully saturated rings. The van der Waals surface area contributed by atoms with Crippen molar-refractivity contribution >= 4 is 21.8 Å². The number of aromatic nitrogens is 1. The molecule has 0 bridgehead atoms. The molecule has 0 amide bonds. The topological polar surface area (TPSA) is 72.8 Å². The molecule has 2 rings (SSSR count). The number of rotatable bonds is 5. The van der Waals surface area contributed by atoms with Crippen molar-refractivity contribution in [1.29, 1.82) is 0 Å². The van der Waals surface area contributed by atoms with E-state index in [1.807, 2.05) is 41.1 Å². The lowest BCUT2D eigenvalue weighted by atomic mass is 10.3. The van der Waals surface area contributed by atoms with Crippen molar-refractivity contribution in [3.63, 3.8) is 0 Å². The summed E-state index contributed by atoms with van der Waals surface area (Å²) in [6, 6.07) is 11.3. The molecule has 2 aromatic rings.